The van der Waals surface area contributed by atoms with Gasteiger partial charge >= 0.3 is 0 Å². The summed E-state index contributed by atoms with van der Waals surface area (Å²) in [6, 6.07) is 0.249. The maximum Gasteiger partial charge on any atom is 0.221 e. The van der Waals surface area contributed by atoms with Crippen molar-refractivity contribution < 1.29 is 9.00 Å². The molecule has 3 unspecified atom stereocenters. The summed E-state index contributed by atoms with van der Waals surface area (Å²) >= 11 is 0. The first-order valence-electron chi connectivity index (χ1n) is 5.42. The molecule has 1 fully saturated rings. The Morgan fingerprint density at radius 3 is 3.07 bits per heavy atom. The molecule has 1 amide bonds. The fraction of sp³-hybridized carbons (Fsp3) is 0.900. The molecular formula is C10H20N2O2S. The summed E-state index contributed by atoms with van der Waals surface area (Å²) in [6.07, 6.45) is 4.30. The monoisotopic (exact) mass is 232 g/mol. The third-order valence-corrected chi connectivity index (χ3v) is 4.04. The number of carbonyl (C=O) groups excluding carboxylic acids is 1. The lowest BCUT2D eigenvalue weighted by molar-refractivity contribution is -0.121. The van der Waals surface area contributed by atoms with E-state index < -0.39 is 10.8 Å². The second kappa shape index (κ2) is 6.23. The Labute approximate surface area is 93.7 Å². The highest BCUT2D eigenvalue weighted by Crippen LogP contribution is 2.06. The Balaban J connectivity index is 2.30. The topological polar surface area (TPSA) is 58.2 Å². The van der Waals surface area contributed by atoms with Gasteiger partial charge in [-0.15, -0.1) is 0 Å². The highest BCUT2D eigenvalue weighted by Gasteiger charge is 2.17. The smallest absolute Gasteiger partial charge is 0.221 e. The van der Waals surface area contributed by atoms with Crippen LogP contribution in [0, 0.1) is 0 Å². The highest BCUT2D eigenvalue weighted by molar-refractivity contribution is 7.84. The third-order valence-electron chi connectivity index (χ3n) is 2.74. The Bertz CT molecular complexity index is 246. The van der Waals surface area contributed by atoms with Gasteiger partial charge in [0.25, 0.3) is 0 Å². The second-order valence-corrected chi connectivity index (χ2v) is 5.91. The van der Waals surface area contributed by atoms with Crippen molar-refractivity contribution in [3.05, 3.63) is 0 Å². The molecule has 0 aromatic carbocycles. The molecule has 0 bridgehead atoms. The summed E-state index contributed by atoms with van der Waals surface area (Å²) in [5, 5.41) is 6.31. The summed E-state index contributed by atoms with van der Waals surface area (Å²) in [7, 11) is -0.791. The molecule has 15 heavy (non-hydrogen) atoms. The molecule has 1 rings (SSSR count). The van der Waals surface area contributed by atoms with Gasteiger partial charge in [-0.3, -0.25) is 9.00 Å². The molecule has 1 aliphatic heterocycles. The third kappa shape index (κ3) is 4.75. The van der Waals surface area contributed by atoms with Crippen LogP contribution in [0.2, 0.25) is 0 Å². The van der Waals surface area contributed by atoms with Gasteiger partial charge in [-0.1, -0.05) is 0 Å². The Morgan fingerprint density at radius 2 is 2.40 bits per heavy atom. The van der Waals surface area contributed by atoms with Crippen LogP contribution in [0.4, 0.5) is 0 Å². The fourth-order valence-corrected chi connectivity index (χ4v) is 1.93. The zero-order valence-electron chi connectivity index (χ0n) is 9.41. The number of hydrogen-bond donors (Lipinski definition) is 2. The quantitative estimate of drug-likeness (QED) is 0.718. The van der Waals surface area contributed by atoms with Gasteiger partial charge in [0.15, 0.2) is 0 Å². The SMILES string of the molecule is CC(CNC1CCCNC(=O)C1)S(C)=O. The molecule has 0 aliphatic carbocycles. The van der Waals surface area contributed by atoms with Crippen molar-refractivity contribution in [3.8, 4) is 0 Å². The molecule has 2 N–H and O–H groups in total. The van der Waals surface area contributed by atoms with Crippen molar-refractivity contribution in [1.82, 2.24) is 10.6 Å². The van der Waals surface area contributed by atoms with Gasteiger partial charge < -0.3 is 10.6 Å². The number of rotatable bonds is 4. The van der Waals surface area contributed by atoms with Crippen molar-refractivity contribution in [2.45, 2.75) is 37.5 Å². The molecule has 5 heteroatoms. The highest BCUT2D eigenvalue weighted by atomic mass is 32.2. The predicted molar refractivity (Wildman–Crippen MR) is 62.2 cm³/mol. The molecule has 88 valence electrons. The molecule has 0 spiro atoms. The second-order valence-electron chi connectivity index (χ2n) is 4.11. The minimum atomic E-state index is -0.791. The van der Waals surface area contributed by atoms with Gasteiger partial charge in [0, 0.05) is 47.9 Å². The van der Waals surface area contributed by atoms with Crippen LogP contribution < -0.4 is 10.6 Å². The number of amides is 1. The van der Waals surface area contributed by atoms with E-state index in [0.717, 1.165) is 25.9 Å². The maximum atomic E-state index is 11.3. The Morgan fingerprint density at radius 1 is 1.67 bits per heavy atom. The fourth-order valence-electron chi connectivity index (χ4n) is 1.60. The lowest BCUT2D eigenvalue weighted by Crippen LogP contribution is -2.37. The van der Waals surface area contributed by atoms with Crippen LogP contribution in [-0.2, 0) is 15.6 Å². The molecule has 0 saturated carbocycles. The average molecular weight is 232 g/mol. The number of nitrogens with one attached hydrogen (secondary N) is 2. The molecule has 1 aliphatic rings. The summed E-state index contributed by atoms with van der Waals surface area (Å²) in [5.41, 5.74) is 0. The van der Waals surface area contributed by atoms with E-state index in [4.69, 9.17) is 0 Å². The first-order valence-corrected chi connectivity index (χ1v) is 7.04. The normalized spacial score (nSPS) is 26.5. The molecule has 1 heterocycles. The van der Waals surface area contributed by atoms with Gasteiger partial charge in [-0.2, -0.15) is 0 Å². The van der Waals surface area contributed by atoms with Crippen LogP contribution in [0.3, 0.4) is 0 Å². The standard InChI is InChI=1S/C10H20N2O2S/c1-8(15(2)14)7-12-9-4-3-5-11-10(13)6-9/h8-9,12H,3-7H2,1-2H3,(H,11,13). The molecule has 3 atom stereocenters. The molecule has 0 aromatic heterocycles. The lowest BCUT2D eigenvalue weighted by atomic mass is 10.1. The van der Waals surface area contributed by atoms with Crippen molar-refractivity contribution >= 4 is 16.7 Å². The zero-order chi connectivity index (χ0) is 11.3. The van der Waals surface area contributed by atoms with E-state index in [1.54, 1.807) is 6.26 Å². The van der Waals surface area contributed by atoms with E-state index in [0.29, 0.717) is 6.42 Å². The summed E-state index contributed by atoms with van der Waals surface area (Å²) in [5.74, 6) is 0.121. The Hall–Kier alpha value is -0.420. The number of hydrogen-bond acceptors (Lipinski definition) is 3. The van der Waals surface area contributed by atoms with E-state index in [1.807, 2.05) is 6.92 Å². The largest absolute Gasteiger partial charge is 0.356 e. The molecule has 1 saturated heterocycles. The van der Waals surface area contributed by atoms with E-state index in [9.17, 15) is 9.00 Å². The van der Waals surface area contributed by atoms with E-state index in [2.05, 4.69) is 10.6 Å². The van der Waals surface area contributed by atoms with Gasteiger partial charge in [0.05, 0.1) is 0 Å². The molecule has 4 nitrogen and oxygen atoms in total. The minimum Gasteiger partial charge on any atom is -0.356 e. The van der Waals surface area contributed by atoms with Crippen molar-refractivity contribution in [2.24, 2.45) is 0 Å². The van der Waals surface area contributed by atoms with Crippen molar-refractivity contribution in [2.75, 3.05) is 19.3 Å². The first kappa shape index (κ1) is 12.6. The van der Waals surface area contributed by atoms with Crippen LogP contribution in [-0.4, -0.2) is 40.8 Å². The van der Waals surface area contributed by atoms with E-state index in [1.165, 1.54) is 0 Å². The van der Waals surface area contributed by atoms with Gasteiger partial charge in [0.1, 0.15) is 0 Å². The predicted octanol–water partition coefficient (Wildman–Crippen LogP) is 0.0117. The van der Waals surface area contributed by atoms with Crippen molar-refractivity contribution in [3.63, 3.8) is 0 Å². The van der Waals surface area contributed by atoms with Crippen LogP contribution in [0.1, 0.15) is 26.2 Å². The zero-order valence-corrected chi connectivity index (χ0v) is 10.2. The summed E-state index contributed by atoms with van der Waals surface area (Å²) in [6.45, 7) is 3.47. The van der Waals surface area contributed by atoms with Gasteiger partial charge in [-0.25, -0.2) is 0 Å². The van der Waals surface area contributed by atoms with Crippen molar-refractivity contribution in [1.29, 1.82) is 0 Å². The molecule has 0 radical (unpaired) electrons. The average Bonchev–Trinajstić information content (AvgIpc) is 2.38. The summed E-state index contributed by atoms with van der Waals surface area (Å²) < 4.78 is 11.1. The maximum absolute atomic E-state index is 11.3. The first-order chi connectivity index (χ1) is 7.09. The molecule has 0 aromatic rings. The Kier molecular flexibility index (Phi) is 5.25. The van der Waals surface area contributed by atoms with Crippen LogP contribution in [0.15, 0.2) is 0 Å². The number of carbonyl (C=O) groups is 1. The van der Waals surface area contributed by atoms with Gasteiger partial charge in [0.2, 0.25) is 5.91 Å². The van der Waals surface area contributed by atoms with E-state index >= 15 is 0 Å². The van der Waals surface area contributed by atoms with Crippen LogP contribution in [0.25, 0.3) is 0 Å². The minimum absolute atomic E-state index is 0.121. The van der Waals surface area contributed by atoms with Crippen LogP contribution in [0.5, 0.6) is 0 Å². The van der Waals surface area contributed by atoms with Gasteiger partial charge in [-0.05, 0) is 19.8 Å². The van der Waals surface area contributed by atoms with Crippen LogP contribution >= 0.6 is 0 Å². The van der Waals surface area contributed by atoms with E-state index in [-0.39, 0.29) is 17.2 Å². The molecular weight excluding hydrogens is 212 g/mol. The summed E-state index contributed by atoms with van der Waals surface area (Å²) in [4.78, 5) is 11.3. The lowest BCUT2D eigenvalue weighted by Gasteiger charge is -2.17.